The fraction of sp³-hybridized carbons (Fsp3) is 0.667. The van der Waals surface area contributed by atoms with E-state index in [9.17, 15) is 4.79 Å². The molecule has 1 aliphatic heterocycles. The number of morpholine rings is 1. The Kier molecular flexibility index (Phi) is 11.8. The number of ether oxygens (including phenoxy) is 3. The third-order valence-electron chi connectivity index (χ3n) is 4.41. The van der Waals surface area contributed by atoms with Crippen LogP contribution < -0.4 is 32.5 Å². The van der Waals surface area contributed by atoms with Gasteiger partial charge in [0.05, 0.1) is 25.3 Å². The average molecular weight is 463 g/mol. The molecule has 0 atom stereocenters. The molecule has 0 bridgehead atoms. The van der Waals surface area contributed by atoms with Crippen LogP contribution in [0.2, 0.25) is 5.02 Å². The lowest BCUT2D eigenvalue weighted by Crippen LogP contribution is -3.00. The Labute approximate surface area is 191 Å². The summed E-state index contributed by atoms with van der Waals surface area (Å²) in [4.78, 5) is 14.4. The highest BCUT2D eigenvalue weighted by Gasteiger charge is 2.17. The van der Waals surface area contributed by atoms with Crippen molar-refractivity contribution in [3.8, 4) is 11.5 Å². The van der Waals surface area contributed by atoms with Crippen molar-refractivity contribution in [2.24, 2.45) is 0 Å². The highest BCUT2D eigenvalue weighted by atomic mass is 35.5. The highest BCUT2D eigenvalue weighted by Crippen LogP contribution is 2.36. The second-order valence-electron chi connectivity index (χ2n) is 8.18. The monoisotopic (exact) mass is 462 g/mol. The van der Waals surface area contributed by atoms with Crippen molar-refractivity contribution in [1.29, 1.82) is 0 Å². The largest absolute Gasteiger partial charge is 1.00 e. The molecule has 0 spiro atoms. The summed E-state index contributed by atoms with van der Waals surface area (Å²) in [5.74, 6) is 0.696. The van der Waals surface area contributed by atoms with Gasteiger partial charge in [-0.05, 0) is 58.0 Å². The fourth-order valence-corrected chi connectivity index (χ4v) is 3.38. The van der Waals surface area contributed by atoms with E-state index in [1.165, 1.54) is 0 Å². The molecule has 0 aromatic heterocycles. The number of carbonyl (C=O) groups excluding carboxylic acids is 1. The van der Waals surface area contributed by atoms with Gasteiger partial charge in [0.2, 0.25) is 0 Å². The smallest absolute Gasteiger partial charge is 0.258 e. The maximum absolute atomic E-state index is 12.0. The minimum absolute atomic E-state index is 0. The Morgan fingerprint density at radius 1 is 1.27 bits per heavy atom. The molecule has 1 heterocycles. The molecule has 1 aromatic carbocycles. The molecule has 30 heavy (non-hydrogen) atoms. The summed E-state index contributed by atoms with van der Waals surface area (Å²) in [6.07, 6.45) is 1.08. The molecule has 2 N–H and O–H groups in total. The molecule has 1 aliphatic rings. The zero-order chi connectivity index (χ0) is 21.3. The van der Waals surface area contributed by atoms with Crippen molar-refractivity contribution >= 4 is 17.5 Å². The molecular formula is C21H34Cl2N3O4-. The standard InChI is InChI=1S/C21H34ClN3O4.ClH/c1-21(2,3)24-19(26)15-29-20-17(22)12-16(13-18(20)27-4)14-23-6-5-7-25-8-10-28-11-9-25;/h12-13,23H,5-11,14-15H2,1-4H3,(H,24,26);1H/p-1. The van der Waals surface area contributed by atoms with Crippen LogP contribution in [0.4, 0.5) is 0 Å². The van der Waals surface area contributed by atoms with Gasteiger partial charge in [-0.1, -0.05) is 11.6 Å². The lowest BCUT2D eigenvalue weighted by Gasteiger charge is -2.26. The molecule has 1 aromatic rings. The van der Waals surface area contributed by atoms with Crippen LogP contribution in [0, 0.1) is 0 Å². The SMILES string of the molecule is COc1cc(CNCCCN2CCOCC2)cc(Cl)c1OCC(=O)NC(C)(C)C.[Cl-]. The molecular weight excluding hydrogens is 429 g/mol. The topological polar surface area (TPSA) is 72.1 Å². The second-order valence-corrected chi connectivity index (χ2v) is 8.59. The van der Waals surface area contributed by atoms with Gasteiger partial charge in [-0.2, -0.15) is 0 Å². The summed E-state index contributed by atoms with van der Waals surface area (Å²) in [6, 6.07) is 3.73. The Morgan fingerprint density at radius 2 is 1.97 bits per heavy atom. The number of rotatable bonds is 10. The van der Waals surface area contributed by atoms with Crippen LogP contribution in [-0.4, -0.2) is 69.5 Å². The van der Waals surface area contributed by atoms with Crippen molar-refractivity contribution in [2.75, 3.05) is 53.1 Å². The van der Waals surface area contributed by atoms with Crippen LogP contribution >= 0.6 is 11.6 Å². The van der Waals surface area contributed by atoms with Crippen LogP contribution in [0.1, 0.15) is 32.8 Å². The summed E-state index contributed by atoms with van der Waals surface area (Å²) >= 11 is 6.39. The van der Waals surface area contributed by atoms with E-state index in [0.717, 1.165) is 51.4 Å². The van der Waals surface area contributed by atoms with E-state index in [0.29, 0.717) is 23.1 Å². The van der Waals surface area contributed by atoms with Crippen LogP contribution in [0.5, 0.6) is 11.5 Å². The maximum Gasteiger partial charge on any atom is 0.258 e. The first-order chi connectivity index (χ1) is 13.8. The van der Waals surface area contributed by atoms with E-state index in [-0.39, 0.29) is 30.5 Å². The third kappa shape index (κ3) is 9.71. The zero-order valence-corrected chi connectivity index (χ0v) is 19.9. The van der Waals surface area contributed by atoms with Crippen LogP contribution in [-0.2, 0) is 16.1 Å². The number of methoxy groups -OCH3 is 1. The van der Waals surface area contributed by atoms with Crippen molar-refractivity contribution in [2.45, 2.75) is 39.3 Å². The van der Waals surface area contributed by atoms with Crippen LogP contribution in [0.3, 0.4) is 0 Å². The van der Waals surface area contributed by atoms with E-state index in [1.807, 2.05) is 32.9 Å². The summed E-state index contributed by atoms with van der Waals surface area (Å²) in [5, 5.41) is 6.72. The van der Waals surface area contributed by atoms with Crippen LogP contribution in [0.15, 0.2) is 12.1 Å². The number of benzene rings is 1. The van der Waals surface area contributed by atoms with Gasteiger partial charge < -0.3 is 37.3 Å². The molecule has 0 radical (unpaired) electrons. The molecule has 0 saturated carbocycles. The summed E-state index contributed by atoms with van der Waals surface area (Å²) in [7, 11) is 1.56. The van der Waals surface area contributed by atoms with Gasteiger partial charge >= 0.3 is 0 Å². The zero-order valence-electron chi connectivity index (χ0n) is 18.4. The molecule has 9 heteroatoms. The summed E-state index contributed by atoms with van der Waals surface area (Å²) < 4.78 is 16.4. The van der Waals surface area contributed by atoms with Gasteiger partial charge in [-0.25, -0.2) is 0 Å². The number of halogens is 2. The quantitative estimate of drug-likeness (QED) is 0.455. The Morgan fingerprint density at radius 3 is 2.60 bits per heavy atom. The molecule has 7 nitrogen and oxygen atoms in total. The first-order valence-corrected chi connectivity index (χ1v) is 10.5. The minimum atomic E-state index is -0.314. The second kappa shape index (κ2) is 13.2. The number of nitrogens with zero attached hydrogens (tertiary/aromatic N) is 1. The number of hydrogen-bond donors (Lipinski definition) is 2. The van der Waals surface area contributed by atoms with Crippen molar-refractivity contribution in [3.63, 3.8) is 0 Å². The predicted molar refractivity (Wildman–Crippen MR) is 115 cm³/mol. The van der Waals surface area contributed by atoms with E-state index < -0.39 is 0 Å². The van der Waals surface area contributed by atoms with E-state index >= 15 is 0 Å². The fourth-order valence-electron chi connectivity index (χ4n) is 3.09. The highest BCUT2D eigenvalue weighted by molar-refractivity contribution is 6.32. The number of hydrogen-bond acceptors (Lipinski definition) is 6. The Bertz CT molecular complexity index is 662. The van der Waals surface area contributed by atoms with Crippen LogP contribution in [0.25, 0.3) is 0 Å². The third-order valence-corrected chi connectivity index (χ3v) is 4.69. The van der Waals surface area contributed by atoms with E-state index in [4.69, 9.17) is 25.8 Å². The van der Waals surface area contributed by atoms with E-state index in [2.05, 4.69) is 15.5 Å². The molecule has 2 rings (SSSR count). The maximum atomic E-state index is 12.0. The molecule has 1 amide bonds. The first kappa shape index (κ1) is 26.8. The first-order valence-electron chi connectivity index (χ1n) is 10.1. The average Bonchev–Trinajstić information content (AvgIpc) is 2.66. The van der Waals surface area contributed by atoms with Gasteiger partial charge in [0.15, 0.2) is 18.1 Å². The van der Waals surface area contributed by atoms with Gasteiger partial charge in [-0.3, -0.25) is 9.69 Å². The van der Waals surface area contributed by atoms with E-state index in [1.54, 1.807) is 7.11 Å². The molecule has 1 saturated heterocycles. The van der Waals surface area contributed by atoms with Crippen molar-refractivity contribution < 1.29 is 31.4 Å². The number of carbonyl (C=O) groups is 1. The number of amides is 1. The van der Waals surface area contributed by atoms with Gasteiger partial charge in [-0.15, -0.1) is 0 Å². The van der Waals surface area contributed by atoms with Gasteiger partial charge in [0.25, 0.3) is 5.91 Å². The molecule has 0 unspecified atom stereocenters. The Balaban J connectivity index is 0.00000450. The lowest BCUT2D eigenvalue weighted by atomic mass is 10.1. The molecule has 0 aliphatic carbocycles. The summed E-state index contributed by atoms with van der Waals surface area (Å²) in [6.45, 7) is 12.0. The van der Waals surface area contributed by atoms with Gasteiger partial charge in [0, 0.05) is 25.2 Å². The normalized spacial score (nSPS) is 14.7. The van der Waals surface area contributed by atoms with Crippen molar-refractivity contribution in [1.82, 2.24) is 15.5 Å². The lowest BCUT2D eigenvalue weighted by molar-refractivity contribution is -0.124. The van der Waals surface area contributed by atoms with Gasteiger partial charge in [0.1, 0.15) is 0 Å². The minimum Gasteiger partial charge on any atom is -1.00 e. The summed E-state index contributed by atoms with van der Waals surface area (Å²) in [5.41, 5.74) is 0.691. The number of nitrogens with one attached hydrogen (secondary N) is 2. The predicted octanol–water partition coefficient (Wildman–Crippen LogP) is -0.542. The molecule has 1 fully saturated rings. The molecule has 172 valence electrons. The Hall–Kier alpha value is -1.25. The van der Waals surface area contributed by atoms with Crippen molar-refractivity contribution in [3.05, 3.63) is 22.7 Å².